The molecular formula is C13H17ClN6. The van der Waals surface area contributed by atoms with Crippen molar-refractivity contribution in [3.05, 3.63) is 35.4 Å². The lowest BCUT2D eigenvalue weighted by Crippen LogP contribution is -2.20. The molecule has 0 fully saturated rings. The molecule has 0 amide bonds. The maximum absolute atomic E-state index is 5.93. The zero-order valence-corrected chi connectivity index (χ0v) is 12.3. The van der Waals surface area contributed by atoms with E-state index in [1.807, 2.05) is 30.3 Å². The number of nitrogens with zero attached hydrogens (tertiary/aromatic N) is 5. The van der Waals surface area contributed by atoms with Crippen molar-refractivity contribution in [1.29, 1.82) is 0 Å². The molecule has 0 unspecified atom stereocenters. The molecule has 0 saturated heterocycles. The molecule has 0 aliphatic rings. The Bertz CT molecular complexity index is 548. The van der Waals surface area contributed by atoms with Crippen LogP contribution in [0.1, 0.15) is 18.9 Å². The van der Waals surface area contributed by atoms with Crippen molar-refractivity contribution < 1.29 is 0 Å². The van der Waals surface area contributed by atoms with E-state index in [-0.39, 0.29) is 5.28 Å². The Kier molecular flexibility index (Phi) is 5.06. The average Bonchev–Trinajstić information content (AvgIpc) is 2.45. The van der Waals surface area contributed by atoms with E-state index < -0.39 is 0 Å². The van der Waals surface area contributed by atoms with Crippen LogP contribution >= 0.6 is 11.6 Å². The monoisotopic (exact) mass is 292 g/mol. The molecule has 106 valence electrons. The lowest BCUT2D eigenvalue weighted by atomic mass is 10.3. The van der Waals surface area contributed by atoms with Crippen LogP contribution in [-0.4, -0.2) is 33.5 Å². The molecule has 2 heterocycles. The molecule has 6 nitrogen and oxygen atoms in total. The highest BCUT2D eigenvalue weighted by Crippen LogP contribution is 2.14. The van der Waals surface area contributed by atoms with Crippen molar-refractivity contribution in [2.45, 2.75) is 19.9 Å². The number of anilines is 2. The first kappa shape index (κ1) is 14.5. The SMILES string of the molecule is CCCNc1nc(Cl)nc(N(C)Cc2cccnc2)n1. The molecular weight excluding hydrogens is 276 g/mol. The molecule has 0 atom stereocenters. The van der Waals surface area contributed by atoms with E-state index in [9.17, 15) is 0 Å². The summed E-state index contributed by atoms with van der Waals surface area (Å²) in [6.07, 6.45) is 4.55. The highest BCUT2D eigenvalue weighted by atomic mass is 35.5. The quantitative estimate of drug-likeness (QED) is 0.882. The second kappa shape index (κ2) is 7.00. The maximum atomic E-state index is 5.93. The maximum Gasteiger partial charge on any atom is 0.231 e. The Morgan fingerprint density at radius 3 is 2.85 bits per heavy atom. The third-order valence-electron chi connectivity index (χ3n) is 2.61. The lowest BCUT2D eigenvalue weighted by molar-refractivity contribution is 0.844. The average molecular weight is 293 g/mol. The Hall–Kier alpha value is -1.95. The summed E-state index contributed by atoms with van der Waals surface area (Å²) in [5.41, 5.74) is 1.08. The van der Waals surface area contributed by atoms with Crippen LogP contribution in [0.4, 0.5) is 11.9 Å². The van der Waals surface area contributed by atoms with Crippen molar-refractivity contribution in [2.24, 2.45) is 0 Å². The van der Waals surface area contributed by atoms with Gasteiger partial charge in [-0.3, -0.25) is 4.98 Å². The minimum absolute atomic E-state index is 0.187. The molecule has 7 heteroatoms. The molecule has 0 aliphatic carbocycles. The summed E-state index contributed by atoms with van der Waals surface area (Å²) in [7, 11) is 1.91. The number of hydrogen-bond acceptors (Lipinski definition) is 6. The van der Waals surface area contributed by atoms with Gasteiger partial charge in [0.2, 0.25) is 17.2 Å². The van der Waals surface area contributed by atoms with Gasteiger partial charge in [-0.15, -0.1) is 0 Å². The molecule has 20 heavy (non-hydrogen) atoms. The number of aromatic nitrogens is 4. The van der Waals surface area contributed by atoms with Gasteiger partial charge in [-0.1, -0.05) is 13.0 Å². The van der Waals surface area contributed by atoms with E-state index in [2.05, 4.69) is 32.2 Å². The molecule has 0 bridgehead atoms. The fourth-order valence-corrected chi connectivity index (χ4v) is 1.82. The van der Waals surface area contributed by atoms with Gasteiger partial charge in [0, 0.05) is 32.5 Å². The topological polar surface area (TPSA) is 66.8 Å². The molecule has 0 spiro atoms. The van der Waals surface area contributed by atoms with Crippen LogP contribution in [0.25, 0.3) is 0 Å². The molecule has 2 rings (SSSR count). The largest absolute Gasteiger partial charge is 0.354 e. The molecule has 0 aromatic carbocycles. The number of rotatable bonds is 6. The van der Waals surface area contributed by atoms with Crippen LogP contribution in [0, 0.1) is 0 Å². The molecule has 1 N–H and O–H groups in total. The first-order chi connectivity index (χ1) is 9.69. The summed E-state index contributed by atoms with van der Waals surface area (Å²) in [5, 5.41) is 3.30. The first-order valence-electron chi connectivity index (χ1n) is 6.44. The molecule has 0 saturated carbocycles. The predicted octanol–water partition coefficient (Wildman–Crippen LogP) is 2.38. The van der Waals surface area contributed by atoms with Crippen molar-refractivity contribution in [3.63, 3.8) is 0 Å². The van der Waals surface area contributed by atoms with Crippen molar-refractivity contribution in [2.75, 3.05) is 23.8 Å². The summed E-state index contributed by atoms with van der Waals surface area (Å²) in [4.78, 5) is 18.5. The number of halogens is 1. The summed E-state index contributed by atoms with van der Waals surface area (Å²) in [6.45, 7) is 3.53. The fourth-order valence-electron chi connectivity index (χ4n) is 1.66. The summed E-state index contributed by atoms with van der Waals surface area (Å²) in [6, 6.07) is 3.90. The smallest absolute Gasteiger partial charge is 0.231 e. The highest BCUT2D eigenvalue weighted by molar-refractivity contribution is 6.28. The van der Waals surface area contributed by atoms with Crippen LogP contribution in [-0.2, 0) is 6.54 Å². The zero-order chi connectivity index (χ0) is 14.4. The van der Waals surface area contributed by atoms with Gasteiger partial charge < -0.3 is 10.2 Å². The van der Waals surface area contributed by atoms with Gasteiger partial charge in [-0.2, -0.15) is 15.0 Å². The van der Waals surface area contributed by atoms with E-state index >= 15 is 0 Å². The normalized spacial score (nSPS) is 10.3. The Labute approximate surface area is 123 Å². The molecule has 2 aromatic heterocycles. The van der Waals surface area contributed by atoms with Crippen molar-refractivity contribution in [1.82, 2.24) is 19.9 Å². The van der Waals surface area contributed by atoms with Gasteiger partial charge in [0.15, 0.2) is 0 Å². The van der Waals surface area contributed by atoms with Gasteiger partial charge in [-0.05, 0) is 29.7 Å². The lowest BCUT2D eigenvalue weighted by Gasteiger charge is -2.17. The molecule has 2 aromatic rings. The van der Waals surface area contributed by atoms with Crippen LogP contribution < -0.4 is 10.2 Å². The first-order valence-corrected chi connectivity index (χ1v) is 6.82. The van der Waals surface area contributed by atoms with Crippen molar-refractivity contribution >= 4 is 23.5 Å². The fraction of sp³-hybridized carbons (Fsp3) is 0.385. The second-order valence-corrected chi connectivity index (χ2v) is 4.71. The summed E-state index contributed by atoms with van der Waals surface area (Å²) in [5.74, 6) is 1.03. The summed E-state index contributed by atoms with van der Waals surface area (Å²) < 4.78 is 0. The van der Waals surface area contributed by atoms with E-state index in [0.717, 1.165) is 18.5 Å². The highest BCUT2D eigenvalue weighted by Gasteiger charge is 2.09. The Balaban J connectivity index is 2.12. The van der Waals surface area contributed by atoms with E-state index in [1.165, 1.54) is 0 Å². The zero-order valence-electron chi connectivity index (χ0n) is 11.5. The standard InChI is InChI=1S/C13H17ClN6/c1-3-6-16-12-17-11(14)18-13(19-12)20(2)9-10-5-4-7-15-8-10/h4-5,7-8H,3,6,9H2,1-2H3,(H,16,17,18,19). The van der Waals surface area contributed by atoms with Gasteiger partial charge in [-0.25, -0.2) is 0 Å². The third kappa shape index (κ3) is 4.03. The van der Waals surface area contributed by atoms with Gasteiger partial charge >= 0.3 is 0 Å². The molecule has 0 radical (unpaired) electrons. The van der Waals surface area contributed by atoms with Gasteiger partial charge in [0.25, 0.3) is 0 Å². The van der Waals surface area contributed by atoms with Crippen LogP contribution in [0.15, 0.2) is 24.5 Å². The van der Waals surface area contributed by atoms with Crippen LogP contribution in [0.5, 0.6) is 0 Å². The third-order valence-corrected chi connectivity index (χ3v) is 2.78. The van der Waals surface area contributed by atoms with Crippen molar-refractivity contribution in [3.8, 4) is 0 Å². The number of hydrogen-bond donors (Lipinski definition) is 1. The minimum Gasteiger partial charge on any atom is -0.354 e. The molecule has 0 aliphatic heterocycles. The second-order valence-electron chi connectivity index (χ2n) is 4.37. The van der Waals surface area contributed by atoms with E-state index in [1.54, 1.807) is 6.20 Å². The minimum atomic E-state index is 0.187. The van der Waals surface area contributed by atoms with E-state index in [0.29, 0.717) is 18.4 Å². The van der Waals surface area contributed by atoms with Crippen LogP contribution in [0.3, 0.4) is 0 Å². The Morgan fingerprint density at radius 1 is 1.30 bits per heavy atom. The number of nitrogens with one attached hydrogen (secondary N) is 1. The summed E-state index contributed by atoms with van der Waals surface area (Å²) >= 11 is 5.93. The number of pyridine rings is 1. The predicted molar refractivity (Wildman–Crippen MR) is 80.0 cm³/mol. The van der Waals surface area contributed by atoms with Gasteiger partial charge in [0.1, 0.15) is 0 Å². The Morgan fingerprint density at radius 2 is 2.15 bits per heavy atom. The van der Waals surface area contributed by atoms with E-state index in [4.69, 9.17) is 11.6 Å². The van der Waals surface area contributed by atoms with Gasteiger partial charge in [0.05, 0.1) is 0 Å². The van der Waals surface area contributed by atoms with Crippen LogP contribution in [0.2, 0.25) is 5.28 Å².